The summed E-state index contributed by atoms with van der Waals surface area (Å²) < 4.78 is 0.930. The molecule has 2 rings (SSSR count). The van der Waals surface area contributed by atoms with Crippen LogP contribution in [0.25, 0.3) is 0 Å². The highest BCUT2D eigenvalue weighted by Gasteiger charge is 2.04. The molecule has 4 heteroatoms. The summed E-state index contributed by atoms with van der Waals surface area (Å²) in [6, 6.07) is 10.1. The third kappa shape index (κ3) is 3.34. The van der Waals surface area contributed by atoms with Crippen molar-refractivity contribution < 1.29 is 5.11 Å². The van der Waals surface area contributed by atoms with Crippen molar-refractivity contribution in [1.82, 2.24) is 4.98 Å². The zero-order chi connectivity index (χ0) is 13.1. The Labute approximate surface area is 120 Å². The lowest BCUT2D eigenvalue weighted by Gasteiger charge is -2.06. The standard InChI is InChI=1S/C14H14BrNOS/c1-9-5-10(2)16-14(6-9)18-12-4-3-11(8-17)13(15)7-12/h3-7,17H,8H2,1-2H3. The summed E-state index contributed by atoms with van der Waals surface area (Å²) in [5.41, 5.74) is 3.15. The number of hydrogen-bond acceptors (Lipinski definition) is 3. The van der Waals surface area contributed by atoms with Crippen LogP contribution in [-0.4, -0.2) is 10.1 Å². The van der Waals surface area contributed by atoms with Crippen molar-refractivity contribution in [3.8, 4) is 0 Å². The summed E-state index contributed by atoms with van der Waals surface area (Å²) >= 11 is 5.08. The van der Waals surface area contributed by atoms with Gasteiger partial charge in [-0.2, -0.15) is 0 Å². The highest BCUT2D eigenvalue weighted by molar-refractivity contribution is 9.10. The van der Waals surface area contributed by atoms with Gasteiger partial charge in [0.1, 0.15) is 5.03 Å². The van der Waals surface area contributed by atoms with Crippen LogP contribution in [0.15, 0.2) is 44.7 Å². The first-order valence-electron chi connectivity index (χ1n) is 5.61. The van der Waals surface area contributed by atoms with Crippen LogP contribution < -0.4 is 0 Å². The molecule has 0 aliphatic heterocycles. The van der Waals surface area contributed by atoms with Gasteiger partial charge in [-0.25, -0.2) is 4.98 Å². The largest absolute Gasteiger partial charge is 0.392 e. The average molecular weight is 324 g/mol. The molecule has 0 amide bonds. The number of nitrogens with zero attached hydrogens (tertiary/aromatic N) is 1. The van der Waals surface area contributed by atoms with Crippen molar-refractivity contribution in [2.75, 3.05) is 0 Å². The number of halogens is 1. The summed E-state index contributed by atoms with van der Waals surface area (Å²) in [7, 11) is 0. The molecule has 94 valence electrons. The van der Waals surface area contributed by atoms with Crippen molar-refractivity contribution in [1.29, 1.82) is 0 Å². The predicted octanol–water partition coefficient (Wildman–Crippen LogP) is 4.10. The van der Waals surface area contributed by atoms with Crippen LogP contribution in [-0.2, 0) is 6.61 Å². The van der Waals surface area contributed by atoms with Crippen LogP contribution >= 0.6 is 27.7 Å². The first kappa shape index (κ1) is 13.6. The lowest BCUT2D eigenvalue weighted by Crippen LogP contribution is -1.88. The number of aliphatic hydroxyl groups is 1. The van der Waals surface area contributed by atoms with E-state index in [1.54, 1.807) is 11.8 Å². The van der Waals surface area contributed by atoms with Crippen molar-refractivity contribution in [3.05, 3.63) is 51.6 Å². The lowest BCUT2D eigenvalue weighted by atomic mass is 10.2. The lowest BCUT2D eigenvalue weighted by molar-refractivity contribution is 0.281. The molecule has 0 aliphatic rings. The number of hydrogen-bond donors (Lipinski definition) is 1. The summed E-state index contributed by atoms with van der Waals surface area (Å²) in [5.74, 6) is 0. The van der Waals surface area contributed by atoms with Gasteiger partial charge in [-0.15, -0.1) is 0 Å². The molecule has 0 saturated carbocycles. The second kappa shape index (κ2) is 5.87. The second-order valence-electron chi connectivity index (χ2n) is 4.14. The fourth-order valence-corrected chi connectivity index (χ4v) is 3.34. The molecule has 0 bridgehead atoms. The van der Waals surface area contributed by atoms with E-state index in [1.807, 2.05) is 25.1 Å². The minimum atomic E-state index is 0.0489. The zero-order valence-electron chi connectivity index (χ0n) is 10.3. The Balaban J connectivity index is 2.25. The molecule has 2 nitrogen and oxygen atoms in total. The van der Waals surface area contributed by atoms with Crippen LogP contribution in [0.1, 0.15) is 16.8 Å². The number of benzene rings is 1. The van der Waals surface area contributed by atoms with E-state index >= 15 is 0 Å². The van der Waals surface area contributed by atoms with E-state index in [0.29, 0.717) is 0 Å². The van der Waals surface area contributed by atoms with Crippen LogP contribution in [0.2, 0.25) is 0 Å². The van der Waals surface area contributed by atoms with Crippen LogP contribution in [0, 0.1) is 13.8 Å². The smallest absolute Gasteiger partial charge is 0.101 e. The maximum Gasteiger partial charge on any atom is 0.101 e. The third-order valence-corrected chi connectivity index (χ3v) is 4.14. The van der Waals surface area contributed by atoms with Gasteiger partial charge >= 0.3 is 0 Å². The molecule has 1 N–H and O–H groups in total. The monoisotopic (exact) mass is 323 g/mol. The van der Waals surface area contributed by atoms with Gasteiger partial charge in [0, 0.05) is 15.1 Å². The SMILES string of the molecule is Cc1cc(C)nc(Sc2ccc(CO)c(Br)c2)c1. The van der Waals surface area contributed by atoms with Crippen LogP contribution in [0.4, 0.5) is 0 Å². The van der Waals surface area contributed by atoms with Crippen molar-refractivity contribution in [2.24, 2.45) is 0 Å². The molecular formula is C14H14BrNOS. The molecule has 1 heterocycles. The quantitative estimate of drug-likeness (QED) is 0.922. The Morgan fingerprint density at radius 3 is 2.61 bits per heavy atom. The fraction of sp³-hybridized carbons (Fsp3) is 0.214. The van der Waals surface area contributed by atoms with Gasteiger partial charge in [-0.1, -0.05) is 33.8 Å². The Morgan fingerprint density at radius 2 is 2.00 bits per heavy atom. The van der Waals surface area contributed by atoms with Crippen molar-refractivity contribution >= 4 is 27.7 Å². The van der Waals surface area contributed by atoms with Crippen LogP contribution in [0.3, 0.4) is 0 Å². The summed E-state index contributed by atoms with van der Waals surface area (Å²) in [6.07, 6.45) is 0. The minimum absolute atomic E-state index is 0.0489. The Morgan fingerprint density at radius 1 is 1.22 bits per heavy atom. The minimum Gasteiger partial charge on any atom is -0.392 e. The second-order valence-corrected chi connectivity index (χ2v) is 6.09. The van der Waals surface area contributed by atoms with Crippen molar-refractivity contribution in [3.63, 3.8) is 0 Å². The molecule has 1 aromatic carbocycles. The molecule has 0 saturated heterocycles. The highest BCUT2D eigenvalue weighted by atomic mass is 79.9. The normalized spacial score (nSPS) is 10.7. The molecule has 0 radical (unpaired) electrons. The predicted molar refractivity (Wildman–Crippen MR) is 77.9 cm³/mol. The van der Waals surface area contributed by atoms with E-state index in [0.717, 1.165) is 25.7 Å². The molecule has 1 aromatic heterocycles. The van der Waals surface area contributed by atoms with Gasteiger partial charge in [-0.3, -0.25) is 0 Å². The first-order chi connectivity index (χ1) is 8.58. The molecule has 0 unspecified atom stereocenters. The van der Waals surface area contributed by atoms with E-state index in [9.17, 15) is 0 Å². The van der Waals surface area contributed by atoms with E-state index in [4.69, 9.17) is 5.11 Å². The summed E-state index contributed by atoms with van der Waals surface area (Å²) in [5, 5.41) is 10.1. The molecule has 2 aromatic rings. The van der Waals surface area contributed by atoms with E-state index < -0.39 is 0 Å². The van der Waals surface area contributed by atoms with Crippen molar-refractivity contribution in [2.45, 2.75) is 30.4 Å². The Bertz CT molecular complexity index is 551. The van der Waals surface area contributed by atoms with Gasteiger partial charge in [0.15, 0.2) is 0 Å². The number of aromatic nitrogens is 1. The molecule has 0 fully saturated rings. The zero-order valence-corrected chi connectivity index (χ0v) is 12.7. The highest BCUT2D eigenvalue weighted by Crippen LogP contribution is 2.30. The molecule has 18 heavy (non-hydrogen) atoms. The van der Waals surface area contributed by atoms with Crippen LogP contribution in [0.5, 0.6) is 0 Å². The topological polar surface area (TPSA) is 33.1 Å². The Kier molecular flexibility index (Phi) is 4.43. The maximum atomic E-state index is 9.12. The maximum absolute atomic E-state index is 9.12. The van der Waals surface area contributed by atoms with Gasteiger partial charge in [-0.05, 0) is 49.2 Å². The molecule has 0 atom stereocenters. The molecular weight excluding hydrogens is 310 g/mol. The average Bonchev–Trinajstić information content (AvgIpc) is 2.27. The van der Waals surface area contributed by atoms with Gasteiger partial charge < -0.3 is 5.11 Å². The van der Waals surface area contributed by atoms with Gasteiger partial charge in [0.2, 0.25) is 0 Å². The summed E-state index contributed by atoms with van der Waals surface area (Å²) in [4.78, 5) is 5.61. The molecule has 0 spiro atoms. The number of aliphatic hydroxyl groups excluding tert-OH is 1. The summed E-state index contributed by atoms with van der Waals surface area (Å²) in [6.45, 7) is 4.12. The molecule has 0 aliphatic carbocycles. The third-order valence-electron chi connectivity index (χ3n) is 2.49. The van der Waals surface area contributed by atoms with Gasteiger partial charge in [0.25, 0.3) is 0 Å². The number of rotatable bonds is 3. The van der Waals surface area contributed by atoms with E-state index in [1.165, 1.54) is 5.56 Å². The fourth-order valence-electron chi connectivity index (χ4n) is 1.70. The van der Waals surface area contributed by atoms with Gasteiger partial charge in [0.05, 0.1) is 6.61 Å². The first-order valence-corrected chi connectivity index (χ1v) is 7.22. The van der Waals surface area contributed by atoms with E-state index in [-0.39, 0.29) is 6.61 Å². The number of pyridine rings is 1. The Hall–Kier alpha value is -0.840. The van der Waals surface area contributed by atoms with E-state index in [2.05, 4.69) is 40.0 Å². The number of aryl methyl sites for hydroxylation is 2.